The van der Waals surface area contributed by atoms with Crippen LogP contribution in [0.25, 0.3) is 32.7 Å². The first-order valence-electron chi connectivity index (χ1n) is 31.9. The van der Waals surface area contributed by atoms with Crippen molar-refractivity contribution < 1.29 is 72.7 Å². The molecule has 3 aromatic heterocycles. The SMILES string of the molecule is COCCN(CCOC)C1CCC(Nc2cccc3c2cc(I)n3CC(F)(F)F)CC1.COCCN(CCOC)C1CCC(Nc2cccc3c2cc(I)n3CC(F)(F)F)CC1.COCCNCCOC.O=C1CCC(Nc2cccc3c2cc(I)n3CC(F)(F)F)CC1. The Balaban J connectivity index is 0.000000211. The number of rotatable bonds is 29. The lowest BCUT2D eigenvalue weighted by Gasteiger charge is -2.37. The Morgan fingerprint density at radius 1 is 0.426 bits per heavy atom. The number of fused-ring (bicyclic) bond motifs is 3. The number of nitrogens with one attached hydrogen (secondary N) is 4. The van der Waals surface area contributed by atoms with Crippen LogP contribution in [-0.2, 0) is 52.8 Å². The Morgan fingerprint density at radius 3 is 0.968 bits per heavy atom. The molecule has 3 saturated carbocycles. The van der Waals surface area contributed by atoms with Crippen molar-refractivity contribution in [1.82, 2.24) is 28.8 Å². The van der Waals surface area contributed by atoms with Crippen LogP contribution in [0.1, 0.15) is 77.0 Å². The topological polar surface area (TPSA) is 142 Å². The van der Waals surface area contributed by atoms with Crippen LogP contribution < -0.4 is 21.3 Å². The van der Waals surface area contributed by atoms with E-state index in [4.69, 9.17) is 28.4 Å². The van der Waals surface area contributed by atoms with Gasteiger partial charge in [0.25, 0.3) is 0 Å². The molecule has 28 heteroatoms. The molecule has 0 unspecified atom stereocenters. The van der Waals surface area contributed by atoms with E-state index >= 15 is 0 Å². The molecule has 0 amide bonds. The normalized spacial score (nSPS) is 18.3. The first-order valence-corrected chi connectivity index (χ1v) is 35.1. The van der Waals surface area contributed by atoms with Crippen LogP contribution in [0.3, 0.4) is 0 Å². The molecule has 3 heterocycles. The van der Waals surface area contributed by atoms with E-state index in [2.05, 4.69) is 31.1 Å². The summed E-state index contributed by atoms with van der Waals surface area (Å²) in [4.78, 5) is 16.2. The zero-order chi connectivity index (χ0) is 68.4. The van der Waals surface area contributed by atoms with Crippen molar-refractivity contribution in [2.24, 2.45) is 0 Å². The molecule has 6 aromatic rings. The number of carbonyl (C=O) groups excluding carboxylic acids is 1. The van der Waals surface area contributed by atoms with Gasteiger partial charge in [-0.2, -0.15) is 39.5 Å². The Morgan fingerprint density at radius 2 is 0.702 bits per heavy atom. The van der Waals surface area contributed by atoms with Gasteiger partial charge in [0.15, 0.2) is 0 Å². The fourth-order valence-corrected chi connectivity index (χ4v) is 14.6. The third-order valence-corrected chi connectivity index (χ3v) is 19.7. The first-order chi connectivity index (χ1) is 44.9. The number of anilines is 3. The van der Waals surface area contributed by atoms with E-state index in [-0.39, 0.29) is 11.8 Å². The molecule has 0 bridgehead atoms. The Hall–Kier alpha value is -3.45. The van der Waals surface area contributed by atoms with Crippen LogP contribution in [0.15, 0.2) is 72.8 Å². The van der Waals surface area contributed by atoms with Gasteiger partial charge in [-0.05, 0) is 187 Å². The van der Waals surface area contributed by atoms with Crippen molar-refractivity contribution in [1.29, 1.82) is 0 Å². The highest BCUT2D eigenvalue weighted by molar-refractivity contribution is 14.1. The number of halogens is 12. The molecular weight excluding hydrogens is 1580 g/mol. The molecule has 0 aliphatic heterocycles. The number of ketones is 1. The minimum atomic E-state index is -4.25. The lowest BCUT2D eigenvalue weighted by atomic mass is 9.89. The van der Waals surface area contributed by atoms with Crippen molar-refractivity contribution in [3.05, 3.63) is 83.9 Å². The highest BCUT2D eigenvalue weighted by Crippen LogP contribution is 2.37. The lowest BCUT2D eigenvalue weighted by Crippen LogP contribution is -2.43. The summed E-state index contributed by atoms with van der Waals surface area (Å²) in [5.41, 5.74) is 4.46. The molecule has 4 N–H and O–H groups in total. The number of carbonyl (C=O) groups is 1. The zero-order valence-corrected chi connectivity index (χ0v) is 61.0. The van der Waals surface area contributed by atoms with Crippen molar-refractivity contribution in [2.45, 2.75) is 145 Å². The molecule has 0 radical (unpaired) electrons. The fourth-order valence-electron chi connectivity index (χ4n) is 12.3. The minimum Gasteiger partial charge on any atom is -0.383 e. The van der Waals surface area contributed by atoms with Gasteiger partial charge < -0.3 is 63.4 Å². The average Bonchev–Trinajstić information content (AvgIpc) is 1.65. The van der Waals surface area contributed by atoms with Crippen LogP contribution in [0.2, 0.25) is 0 Å². The third kappa shape index (κ3) is 26.0. The van der Waals surface area contributed by atoms with Crippen molar-refractivity contribution in [2.75, 3.05) is 138 Å². The molecule has 3 fully saturated rings. The van der Waals surface area contributed by atoms with Crippen LogP contribution in [0.5, 0.6) is 0 Å². The van der Waals surface area contributed by atoms with E-state index in [0.717, 1.165) is 150 Å². The molecule has 3 aliphatic carbocycles. The first kappa shape index (κ1) is 79.5. The summed E-state index contributed by atoms with van der Waals surface area (Å²) in [5.74, 6) is 0.284. The van der Waals surface area contributed by atoms with E-state index in [1.807, 2.05) is 110 Å². The maximum atomic E-state index is 13.0. The average molecular weight is 1680 g/mol. The smallest absolute Gasteiger partial charge is 0.383 e. The second kappa shape index (κ2) is 40.0. The van der Waals surface area contributed by atoms with Gasteiger partial charge in [-0.15, -0.1) is 0 Å². The van der Waals surface area contributed by atoms with Crippen molar-refractivity contribution in [3.63, 3.8) is 0 Å². The summed E-state index contributed by atoms with van der Waals surface area (Å²) in [7, 11) is 10.3. The zero-order valence-electron chi connectivity index (χ0n) is 54.5. The molecule has 9 rings (SSSR count). The van der Waals surface area contributed by atoms with Crippen LogP contribution in [-0.4, -0.2) is 200 Å². The molecular formula is C66H93F9I3N9O7. The number of alkyl halides is 9. The lowest BCUT2D eigenvalue weighted by molar-refractivity contribution is -0.141. The summed E-state index contributed by atoms with van der Waals surface area (Å²) < 4.78 is 153. The molecule has 3 aliphatic rings. The molecule has 528 valence electrons. The predicted molar refractivity (Wildman–Crippen MR) is 380 cm³/mol. The number of ether oxygens (including phenoxy) is 6. The summed E-state index contributed by atoms with van der Waals surface area (Å²) in [6.07, 6.45) is -1.64. The van der Waals surface area contributed by atoms with Gasteiger partial charge in [0, 0.05) is 158 Å². The van der Waals surface area contributed by atoms with Gasteiger partial charge >= 0.3 is 18.5 Å². The second-order valence-electron chi connectivity index (χ2n) is 23.8. The molecule has 0 saturated heterocycles. The van der Waals surface area contributed by atoms with Crippen LogP contribution in [0.4, 0.5) is 56.6 Å². The van der Waals surface area contributed by atoms with Crippen LogP contribution in [0, 0.1) is 11.1 Å². The Bertz CT molecular complexity index is 3020. The van der Waals surface area contributed by atoms with E-state index in [1.54, 1.807) is 73.0 Å². The maximum Gasteiger partial charge on any atom is 0.406 e. The summed E-state index contributed by atoms with van der Waals surface area (Å²) in [6, 6.07) is 23.8. The number of Topliss-reactive ketones (excluding diaryl/α,β-unsaturated/α-hetero) is 1. The van der Waals surface area contributed by atoms with E-state index in [0.29, 0.717) is 91.1 Å². The van der Waals surface area contributed by atoms with Gasteiger partial charge in [0.05, 0.1) is 67.3 Å². The predicted octanol–water partition coefficient (Wildman–Crippen LogP) is 14.9. The van der Waals surface area contributed by atoms with E-state index in [1.165, 1.54) is 13.7 Å². The highest BCUT2D eigenvalue weighted by Gasteiger charge is 2.34. The number of aromatic nitrogens is 3. The number of hydrogen-bond donors (Lipinski definition) is 4. The Kier molecular flexibility index (Phi) is 33.8. The number of benzene rings is 3. The minimum absolute atomic E-state index is 0.196. The third-order valence-electron chi connectivity index (χ3n) is 17.0. The van der Waals surface area contributed by atoms with E-state index < -0.39 is 38.2 Å². The highest BCUT2D eigenvalue weighted by atomic mass is 127. The summed E-state index contributed by atoms with van der Waals surface area (Å²) >= 11 is 5.90. The molecule has 3 aromatic carbocycles. The van der Waals surface area contributed by atoms with Crippen molar-refractivity contribution in [3.8, 4) is 0 Å². The van der Waals surface area contributed by atoms with Gasteiger partial charge in [-0.25, -0.2) is 0 Å². The van der Waals surface area contributed by atoms with E-state index in [9.17, 15) is 44.3 Å². The van der Waals surface area contributed by atoms with Gasteiger partial charge in [-0.1, -0.05) is 18.2 Å². The number of methoxy groups -OCH3 is 6. The summed E-state index contributed by atoms with van der Waals surface area (Å²) in [6.45, 7) is 6.82. The maximum absolute atomic E-state index is 13.0. The molecule has 16 nitrogen and oxygen atoms in total. The standard InChI is InChI=1S/2C22H31F3IN3O2.C16H16F3IN2O.C6H15NO2/c2*1-30-12-10-28(11-13-31-2)17-8-6-16(7-9-17)27-19-4-3-5-20-18(19)14-21(26)29(20)15-22(23,24)25;17-16(18,19)9-22-14-3-1-2-13(12(14)8-15(22)20)21-10-4-6-11(23)7-5-10;1-8-5-3-7-4-6-9-2/h2*3-5,14,16-17,27H,6-13,15H2,1-2H3;1-3,8,10,21H,4-7,9H2;7H,3-6H2,1-2H3. The fraction of sp³-hybridized carbons (Fsp3) is 0.621. The van der Waals surface area contributed by atoms with Gasteiger partial charge in [-0.3, -0.25) is 14.6 Å². The quantitative estimate of drug-likeness (QED) is 0.0201. The molecule has 94 heavy (non-hydrogen) atoms. The van der Waals surface area contributed by atoms with Crippen molar-refractivity contribution >= 4 is 123 Å². The van der Waals surface area contributed by atoms with Gasteiger partial charge in [0.2, 0.25) is 0 Å². The summed E-state index contributed by atoms with van der Waals surface area (Å²) in [5, 5.41) is 16.2. The molecule has 0 atom stereocenters. The number of hydrogen-bond acceptors (Lipinski definition) is 13. The van der Waals surface area contributed by atoms with Crippen LogP contribution >= 0.6 is 67.8 Å². The number of nitrogens with zero attached hydrogens (tertiary/aromatic N) is 5. The monoisotopic (exact) mass is 1680 g/mol. The largest absolute Gasteiger partial charge is 0.406 e. The Labute approximate surface area is 587 Å². The molecule has 0 spiro atoms. The second-order valence-corrected chi connectivity index (χ2v) is 27.1. The van der Waals surface area contributed by atoms with Gasteiger partial charge in [0.1, 0.15) is 25.4 Å².